The van der Waals surface area contributed by atoms with Crippen LogP contribution in [0.4, 0.5) is 22.7 Å². The Morgan fingerprint density at radius 1 is 0.593 bits per heavy atom. The van der Waals surface area contributed by atoms with Gasteiger partial charge in [-0.15, -0.1) is 0 Å². The third kappa shape index (κ3) is 6.82. The Labute approximate surface area is 349 Å². The number of aromatic nitrogens is 2. The molecule has 0 saturated carbocycles. The fraction of sp³-hybridized carbons (Fsp3) is 0.241. The number of ether oxygens (including phenoxy) is 1. The van der Waals surface area contributed by atoms with Gasteiger partial charge in [0, 0.05) is 40.5 Å². The molecular weight excluding hydrogens is 721 g/mol. The summed E-state index contributed by atoms with van der Waals surface area (Å²) in [5, 5.41) is 2.35. The predicted molar refractivity (Wildman–Crippen MR) is 249 cm³/mol. The molecule has 0 fully saturated rings. The quantitative estimate of drug-likeness (QED) is 0.154. The summed E-state index contributed by atoms with van der Waals surface area (Å²) in [6, 6.07) is 48.4. The van der Waals surface area contributed by atoms with E-state index < -0.39 is 0 Å². The van der Waals surface area contributed by atoms with Crippen molar-refractivity contribution in [2.75, 3.05) is 16.5 Å². The Balaban J connectivity index is 1.22. The lowest BCUT2D eigenvalue weighted by molar-refractivity contribution is 0.483. The molecule has 1 aliphatic rings. The molecule has 8 aromatic rings. The van der Waals surface area contributed by atoms with Gasteiger partial charge < -0.3 is 14.5 Å². The molecule has 3 heterocycles. The van der Waals surface area contributed by atoms with E-state index in [0.717, 1.165) is 45.0 Å². The molecule has 0 unspecified atom stereocenters. The highest BCUT2D eigenvalue weighted by Gasteiger charge is 2.30. The Morgan fingerprint density at radius 2 is 1.24 bits per heavy atom. The first-order chi connectivity index (χ1) is 28.4. The van der Waals surface area contributed by atoms with Crippen LogP contribution >= 0.6 is 0 Å². The highest BCUT2D eigenvalue weighted by molar-refractivity contribution is 6.09. The molecule has 0 radical (unpaired) electrons. The monoisotopic (exact) mass is 774 g/mol. The fourth-order valence-electron chi connectivity index (χ4n) is 9.09. The standard InChI is InChI=1S/C54H54N4O/c1-34(2)43-19-15-20-44(35(3)4)52(43)38-28-40(56-33-57(49-23-13-12-22-48(49)56)53-36(5)16-14-17-37(53)6)31-42(29-38)59-41-24-25-46-45-18-10-11-21-47(45)58(50(46)32-41)51-30-39(26-27-55-51)54(7,8)9/h10-32,34-35H,33H2,1-9H3. The van der Waals surface area contributed by atoms with Gasteiger partial charge in [0.05, 0.1) is 22.4 Å². The number of anilines is 4. The van der Waals surface area contributed by atoms with E-state index in [9.17, 15) is 0 Å². The van der Waals surface area contributed by atoms with Gasteiger partial charge in [0.25, 0.3) is 0 Å². The summed E-state index contributed by atoms with van der Waals surface area (Å²) in [5.41, 5.74) is 15.8. The zero-order chi connectivity index (χ0) is 41.2. The minimum absolute atomic E-state index is 0.0112. The van der Waals surface area contributed by atoms with E-state index in [4.69, 9.17) is 9.72 Å². The molecule has 5 heteroatoms. The van der Waals surface area contributed by atoms with Gasteiger partial charge in [-0.05, 0) is 125 Å². The Hall–Kier alpha value is -6.33. The lowest BCUT2D eigenvalue weighted by Gasteiger charge is -2.26. The van der Waals surface area contributed by atoms with Crippen molar-refractivity contribution in [3.63, 3.8) is 0 Å². The summed E-state index contributed by atoms with van der Waals surface area (Å²) in [4.78, 5) is 9.83. The Bertz CT molecular complexity index is 2830. The maximum atomic E-state index is 7.08. The van der Waals surface area contributed by atoms with Crippen molar-refractivity contribution in [2.24, 2.45) is 0 Å². The van der Waals surface area contributed by atoms with Gasteiger partial charge in [-0.2, -0.15) is 0 Å². The number of hydrogen-bond acceptors (Lipinski definition) is 4. The van der Waals surface area contributed by atoms with Crippen LogP contribution in [-0.4, -0.2) is 16.2 Å². The van der Waals surface area contributed by atoms with Gasteiger partial charge in [-0.25, -0.2) is 4.98 Å². The number of benzene rings is 6. The zero-order valence-electron chi connectivity index (χ0n) is 35.8. The summed E-state index contributed by atoms with van der Waals surface area (Å²) < 4.78 is 9.36. The van der Waals surface area contributed by atoms with Crippen molar-refractivity contribution >= 4 is 44.6 Å². The molecule has 0 amide bonds. The minimum Gasteiger partial charge on any atom is -0.457 e. The summed E-state index contributed by atoms with van der Waals surface area (Å²) in [7, 11) is 0. The molecule has 0 N–H and O–H groups in total. The highest BCUT2D eigenvalue weighted by atomic mass is 16.5. The first-order valence-corrected chi connectivity index (χ1v) is 21.0. The molecule has 1 aliphatic heterocycles. The normalized spacial score (nSPS) is 13.0. The maximum absolute atomic E-state index is 7.08. The SMILES string of the molecule is Cc1cccc(C)c1N1CN(c2cc(Oc3ccc4c5ccccc5n(-c5cc(C(C)(C)C)ccn5)c4c3)cc(-c3c(C(C)C)cccc3C(C)C)c2)c2ccccc21. The predicted octanol–water partition coefficient (Wildman–Crippen LogP) is 15.0. The van der Waals surface area contributed by atoms with Crippen molar-refractivity contribution in [3.8, 4) is 28.4 Å². The van der Waals surface area contributed by atoms with E-state index in [1.54, 1.807) is 0 Å². The van der Waals surface area contributed by atoms with Crippen LogP contribution in [0.3, 0.4) is 0 Å². The van der Waals surface area contributed by atoms with Crippen LogP contribution in [0.15, 0.2) is 140 Å². The topological polar surface area (TPSA) is 33.5 Å². The van der Waals surface area contributed by atoms with Crippen LogP contribution in [0.25, 0.3) is 38.8 Å². The number of rotatable bonds is 8. The van der Waals surface area contributed by atoms with Crippen LogP contribution in [0.2, 0.25) is 0 Å². The van der Waals surface area contributed by atoms with Gasteiger partial charge in [0.1, 0.15) is 24.0 Å². The van der Waals surface area contributed by atoms with Crippen molar-refractivity contribution in [1.29, 1.82) is 0 Å². The van der Waals surface area contributed by atoms with Crippen LogP contribution in [-0.2, 0) is 5.41 Å². The van der Waals surface area contributed by atoms with E-state index in [1.807, 2.05) is 6.20 Å². The summed E-state index contributed by atoms with van der Waals surface area (Å²) in [6.45, 7) is 21.0. The van der Waals surface area contributed by atoms with Gasteiger partial charge in [0.15, 0.2) is 0 Å². The molecule has 6 aromatic carbocycles. The minimum atomic E-state index is -0.0112. The molecule has 2 aromatic heterocycles. The molecular formula is C54H54N4O. The molecule has 0 spiro atoms. The van der Waals surface area contributed by atoms with E-state index in [1.165, 1.54) is 55.8 Å². The molecule has 5 nitrogen and oxygen atoms in total. The van der Waals surface area contributed by atoms with Gasteiger partial charge in [-0.3, -0.25) is 4.57 Å². The number of para-hydroxylation sites is 4. The van der Waals surface area contributed by atoms with Crippen molar-refractivity contribution < 1.29 is 4.74 Å². The van der Waals surface area contributed by atoms with Gasteiger partial charge >= 0.3 is 0 Å². The van der Waals surface area contributed by atoms with Crippen molar-refractivity contribution in [3.05, 3.63) is 167 Å². The van der Waals surface area contributed by atoms with Crippen molar-refractivity contribution in [1.82, 2.24) is 9.55 Å². The van der Waals surface area contributed by atoms with E-state index in [-0.39, 0.29) is 5.41 Å². The second-order valence-electron chi connectivity index (χ2n) is 17.8. The van der Waals surface area contributed by atoms with Crippen LogP contribution in [0.1, 0.15) is 88.1 Å². The molecule has 0 bridgehead atoms. The van der Waals surface area contributed by atoms with Crippen molar-refractivity contribution in [2.45, 2.75) is 79.6 Å². The first-order valence-electron chi connectivity index (χ1n) is 21.0. The molecule has 0 aliphatic carbocycles. The lowest BCUT2D eigenvalue weighted by Crippen LogP contribution is -2.25. The second-order valence-corrected chi connectivity index (χ2v) is 17.8. The van der Waals surface area contributed by atoms with E-state index in [2.05, 4.69) is 210 Å². The maximum Gasteiger partial charge on any atom is 0.137 e. The number of hydrogen-bond donors (Lipinski definition) is 0. The smallest absolute Gasteiger partial charge is 0.137 e. The van der Waals surface area contributed by atoms with Crippen LogP contribution < -0.4 is 14.5 Å². The summed E-state index contributed by atoms with van der Waals surface area (Å²) in [6.07, 6.45) is 1.93. The third-order valence-electron chi connectivity index (χ3n) is 12.0. The average Bonchev–Trinajstić information content (AvgIpc) is 3.76. The highest BCUT2D eigenvalue weighted by Crippen LogP contribution is 2.48. The zero-order valence-corrected chi connectivity index (χ0v) is 35.8. The molecule has 9 rings (SSSR count). The third-order valence-corrected chi connectivity index (χ3v) is 12.0. The van der Waals surface area contributed by atoms with E-state index >= 15 is 0 Å². The molecule has 59 heavy (non-hydrogen) atoms. The van der Waals surface area contributed by atoms with Gasteiger partial charge in [-0.1, -0.05) is 115 Å². The number of fused-ring (bicyclic) bond motifs is 4. The van der Waals surface area contributed by atoms with Crippen LogP contribution in [0, 0.1) is 13.8 Å². The van der Waals surface area contributed by atoms with E-state index in [0.29, 0.717) is 18.5 Å². The van der Waals surface area contributed by atoms with Gasteiger partial charge in [0.2, 0.25) is 0 Å². The summed E-state index contributed by atoms with van der Waals surface area (Å²) in [5.74, 6) is 3.16. The largest absolute Gasteiger partial charge is 0.457 e. The first kappa shape index (κ1) is 38.2. The Morgan fingerprint density at radius 3 is 1.93 bits per heavy atom. The second kappa shape index (κ2) is 14.8. The molecule has 0 saturated heterocycles. The average molecular weight is 775 g/mol. The fourth-order valence-corrected chi connectivity index (χ4v) is 9.09. The molecule has 296 valence electrons. The Kier molecular flexibility index (Phi) is 9.58. The number of aryl methyl sites for hydroxylation is 2. The summed E-state index contributed by atoms with van der Waals surface area (Å²) >= 11 is 0. The van der Waals surface area contributed by atoms with Crippen LogP contribution in [0.5, 0.6) is 11.5 Å². The molecule has 0 atom stereocenters. The lowest BCUT2D eigenvalue weighted by atomic mass is 9.85. The number of pyridine rings is 1. The number of nitrogens with zero attached hydrogens (tertiary/aromatic N) is 4.